The lowest BCUT2D eigenvalue weighted by atomic mass is 9.59. The topological polar surface area (TPSA) is 172 Å². The Morgan fingerprint density at radius 1 is 0.327 bits per heavy atom. The van der Waals surface area contributed by atoms with Crippen LogP contribution < -0.4 is 0 Å². The summed E-state index contributed by atoms with van der Waals surface area (Å²) in [6.07, 6.45) is 29.5. The summed E-state index contributed by atoms with van der Waals surface area (Å²) in [5.41, 5.74) is 2.36. The van der Waals surface area contributed by atoms with Gasteiger partial charge in [-0.1, -0.05) is 173 Å². The maximum Gasteiger partial charge on any atom is 0.305 e. The van der Waals surface area contributed by atoms with Gasteiger partial charge >= 0.3 is 29.8 Å². The predicted octanol–water partition coefficient (Wildman–Crippen LogP) is 20.5. The van der Waals surface area contributed by atoms with Gasteiger partial charge in [-0.2, -0.15) is 0 Å². The first-order chi connectivity index (χ1) is 44.7. The number of hydrogen-bond donors (Lipinski definition) is 2. The molecule has 0 heterocycles. The van der Waals surface area contributed by atoms with Gasteiger partial charge in [0.1, 0.15) is 30.5 Å². The molecule has 21 atom stereocenters. The zero-order valence-electron chi connectivity index (χ0n) is 68.1. The summed E-state index contributed by atoms with van der Waals surface area (Å²) in [4.78, 5) is 55.9. The molecule has 14 aliphatic rings. The van der Waals surface area contributed by atoms with Crippen LogP contribution in [-0.2, 0) is 47.7 Å². The summed E-state index contributed by atoms with van der Waals surface area (Å²) in [7, 11) is 0. The van der Waals surface area contributed by atoms with Crippen molar-refractivity contribution in [3.8, 4) is 0 Å². The Labute approximate surface area is 598 Å². The van der Waals surface area contributed by atoms with E-state index in [4.69, 9.17) is 23.7 Å². The van der Waals surface area contributed by atoms with E-state index in [9.17, 15) is 34.2 Å². The highest BCUT2D eigenvalue weighted by Crippen LogP contribution is 2.73. The van der Waals surface area contributed by atoms with E-state index in [0.29, 0.717) is 29.1 Å². The molecule has 2 N–H and O–H groups in total. The SMILES string of the molecule is CC(=O)OC1C2(C)CCC(C2)C1(C)C.CC(=O)OC1C2(C)CCC(C2)C1(C)C.CC(=O)OC1CC2CCC1(C)C2(C)C.CCC(=O)OC1CC2CCC1(C)C2(C)C.CCC(=O)OC1C[C@@H]2CC[C@@]1(C)C2(C)C.CCC1(O)C2(C)CCC(C2)C1(C)C.CCC1(O)C2(C)CCC(C2)C1(C)C. The zero-order valence-corrected chi connectivity index (χ0v) is 68.1. The minimum absolute atomic E-state index is 0.0374. The van der Waals surface area contributed by atoms with Gasteiger partial charge in [0.05, 0.1) is 11.2 Å². The Hall–Kier alpha value is -2.73. The number of carbonyl (C=O) groups excluding carboxylic acids is 5. The van der Waals surface area contributed by atoms with Crippen LogP contribution in [-0.4, -0.2) is 81.8 Å². The second-order valence-corrected chi connectivity index (χ2v) is 41.3. The lowest BCUT2D eigenvalue weighted by molar-refractivity contribution is -0.162. The van der Waals surface area contributed by atoms with E-state index in [-0.39, 0.29) is 120 Å². The summed E-state index contributed by atoms with van der Waals surface area (Å²) in [6, 6.07) is 0. The maximum atomic E-state index is 11.4. The Balaban J connectivity index is 0.000000146. The van der Waals surface area contributed by atoms with Crippen LogP contribution in [0, 0.1) is 117 Å². The fraction of sp³-hybridized carbons (Fsp3) is 0.942. The van der Waals surface area contributed by atoms with Crippen molar-refractivity contribution >= 4 is 29.8 Å². The third kappa shape index (κ3) is 12.9. The van der Waals surface area contributed by atoms with Crippen LogP contribution in [0.1, 0.15) is 354 Å². The van der Waals surface area contributed by atoms with Crippen molar-refractivity contribution in [1.82, 2.24) is 0 Å². The summed E-state index contributed by atoms with van der Waals surface area (Å²) in [5, 5.41) is 21.6. The van der Waals surface area contributed by atoms with Crippen molar-refractivity contribution in [2.75, 3.05) is 0 Å². The van der Waals surface area contributed by atoms with Gasteiger partial charge in [-0.25, -0.2) is 0 Å². The molecule has 0 aromatic carbocycles. The molecule has 14 saturated carbocycles. The number of rotatable bonds is 9. The van der Waals surface area contributed by atoms with E-state index in [1.54, 1.807) is 0 Å². The van der Waals surface area contributed by atoms with Crippen LogP contribution in [0.4, 0.5) is 0 Å². The summed E-state index contributed by atoms with van der Waals surface area (Å²) >= 11 is 0. The third-order valence-electron chi connectivity index (χ3n) is 35.1. The van der Waals surface area contributed by atoms with Crippen LogP contribution in [0.25, 0.3) is 0 Å². The zero-order chi connectivity index (χ0) is 74.0. The standard InChI is InChI=1S/2C13H22O2.3C12H20O2.2C12H22O/c2*1-5-11(14)15-10-8-9-6-7-13(10,4)12(9,2)3;2*1-8(13)14-10-11(2,3)9-5-6-12(10,4)7-9;1-8(13)14-10-7-9-5-6-12(10,4)11(9,2)3;2*1-5-12(13)10(2,3)9-6-7-11(12,4)8-9/h2*9-10H,5-8H2,1-4H3;3*9-10H,5-7H2,1-4H3;2*9,13H,5-8H2,1-4H3/t9-,10?,13+;;;;;;/m0....../s1. The van der Waals surface area contributed by atoms with Gasteiger partial charge in [0, 0.05) is 71.5 Å². The molecule has 0 saturated heterocycles. The number of fused-ring (bicyclic) bond motifs is 14. The number of aliphatic hydroxyl groups is 2. The molecule has 12 heteroatoms. The van der Waals surface area contributed by atoms with Gasteiger partial charge in [0.15, 0.2) is 0 Å². The predicted molar refractivity (Wildman–Crippen MR) is 392 cm³/mol. The fourth-order valence-corrected chi connectivity index (χ4v) is 26.5. The third-order valence-corrected chi connectivity index (χ3v) is 35.1. The molecule has 19 unspecified atom stereocenters. The molecular formula is C86H148O12. The Bertz CT molecular complexity index is 2730. The lowest BCUT2D eigenvalue weighted by Crippen LogP contribution is -2.53. The quantitative estimate of drug-likeness (QED) is 0.166. The number of hydrogen-bond acceptors (Lipinski definition) is 12. The highest BCUT2D eigenvalue weighted by atomic mass is 16.6. The second-order valence-electron chi connectivity index (χ2n) is 41.3. The van der Waals surface area contributed by atoms with Crippen LogP contribution in [0.5, 0.6) is 0 Å². The number of esters is 5. The summed E-state index contributed by atoms with van der Waals surface area (Å²) in [6.45, 7) is 60.6. The highest BCUT2D eigenvalue weighted by molar-refractivity contribution is 5.70. The Morgan fingerprint density at radius 3 is 0.776 bits per heavy atom. The summed E-state index contributed by atoms with van der Waals surface area (Å²) in [5.74, 6) is 4.78. The molecule has 0 aromatic rings. The number of carbonyl (C=O) groups is 5. The first-order valence-electron chi connectivity index (χ1n) is 40.0. The van der Waals surface area contributed by atoms with Crippen LogP contribution >= 0.6 is 0 Å². The molecule has 0 aliphatic heterocycles. The van der Waals surface area contributed by atoms with Crippen LogP contribution in [0.2, 0.25) is 0 Å². The molecule has 14 aliphatic carbocycles. The molecule has 0 amide bonds. The van der Waals surface area contributed by atoms with E-state index in [0.717, 1.165) is 73.5 Å². The lowest BCUT2D eigenvalue weighted by Gasteiger charge is -2.50. The van der Waals surface area contributed by atoms with Crippen molar-refractivity contribution in [3.63, 3.8) is 0 Å². The molecule has 564 valence electrons. The molecule has 14 rings (SSSR count). The van der Waals surface area contributed by atoms with E-state index in [2.05, 4.69) is 159 Å². The largest absolute Gasteiger partial charge is 0.462 e. The van der Waals surface area contributed by atoms with E-state index >= 15 is 0 Å². The smallest absolute Gasteiger partial charge is 0.305 e. The molecular weight excluding hydrogens is 1220 g/mol. The van der Waals surface area contributed by atoms with Gasteiger partial charge in [-0.3, -0.25) is 24.0 Å². The molecule has 14 bridgehead atoms. The van der Waals surface area contributed by atoms with Gasteiger partial charge in [0.2, 0.25) is 0 Å². The second kappa shape index (κ2) is 27.0. The average molecular weight is 1370 g/mol. The van der Waals surface area contributed by atoms with Crippen LogP contribution in [0.3, 0.4) is 0 Å². The van der Waals surface area contributed by atoms with Crippen molar-refractivity contribution in [2.45, 2.75) is 396 Å². The molecule has 14 fully saturated rings. The van der Waals surface area contributed by atoms with E-state index < -0.39 is 11.2 Å². The first-order valence-corrected chi connectivity index (χ1v) is 40.0. The van der Waals surface area contributed by atoms with Gasteiger partial charge in [0.25, 0.3) is 0 Å². The van der Waals surface area contributed by atoms with Crippen molar-refractivity contribution < 1.29 is 57.9 Å². The molecule has 0 spiro atoms. The molecule has 0 aromatic heterocycles. The van der Waals surface area contributed by atoms with Crippen molar-refractivity contribution in [1.29, 1.82) is 0 Å². The van der Waals surface area contributed by atoms with Crippen LogP contribution in [0.15, 0.2) is 0 Å². The van der Waals surface area contributed by atoms with Crippen molar-refractivity contribution in [3.05, 3.63) is 0 Å². The minimum Gasteiger partial charge on any atom is -0.462 e. The molecule has 12 nitrogen and oxygen atoms in total. The Kier molecular flexibility index (Phi) is 22.3. The van der Waals surface area contributed by atoms with E-state index in [1.807, 2.05) is 13.8 Å². The highest BCUT2D eigenvalue weighted by Gasteiger charge is 2.70. The maximum absolute atomic E-state index is 11.4. The number of ether oxygens (including phenoxy) is 5. The fourth-order valence-electron chi connectivity index (χ4n) is 26.5. The van der Waals surface area contributed by atoms with Gasteiger partial charge in [-0.05, 0) is 227 Å². The van der Waals surface area contributed by atoms with Crippen molar-refractivity contribution in [2.24, 2.45) is 117 Å². The van der Waals surface area contributed by atoms with E-state index in [1.165, 1.54) is 136 Å². The summed E-state index contributed by atoms with van der Waals surface area (Å²) < 4.78 is 27.7. The monoisotopic (exact) mass is 1370 g/mol. The van der Waals surface area contributed by atoms with Gasteiger partial charge < -0.3 is 33.9 Å². The minimum atomic E-state index is -0.414. The first kappa shape index (κ1) is 80.9. The molecule has 0 radical (unpaired) electrons. The molecule has 98 heavy (non-hydrogen) atoms. The van der Waals surface area contributed by atoms with Gasteiger partial charge in [-0.15, -0.1) is 0 Å². The Morgan fingerprint density at radius 2 is 0.592 bits per heavy atom. The normalized spacial score (nSPS) is 45.7. The average Bonchev–Trinajstić information content (AvgIpc) is 1.55.